The quantitative estimate of drug-likeness (QED) is 0.325. The fourth-order valence-corrected chi connectivity index (χ4v) is 1.72. The molecule has 0 bridgehead atoms. The van der Waals surface area contributed by atoms with Crippen LogP contribution in [-0.4, -0.2) is 25.4 Å². The first-order valence-corrected chi connectivity index (χ1v) is 6.72. The van der Waals surface area contributed by atoms with Crippen LogP contribution >= 0.6 is 15.9 Å². The van der Waals surface area contributed by atoms with Crippen LogP contribution < -0.4 is 0 Å². The molecule has 9 heteroatoms. The summed E-state index contributed by atoms with van der Waals surface area (Å²) in [6.45, 7) is 0. The highest BCUT2D eigenvalue weighted by molar-refractivity contribution is 9.09. The van der Waals surface area contributed by atoms with Gasteiger partial charge in [0.05, 0.1) is 6.07 Å². The molecule has 1 atom stereocenters. The van der Waals surface area contributed by atoms with E-state index in [0.717, 1.165) is 0 Å². The molecule has 0 aliphatic heterocycles. The van der Waals surface area contributed by atoms with Crippen LogP contribution in [0, 0.1) is 11.3 Å². The lowest BCUT2D eigenvalue weighted by Gasteiger charge is -2.12. The Morgan fingerprint density at radius 1 is 1.38 bits per heavy atom. The summed E-state index contributed by atoms with van der Waals surface area (Å²) in [5.74, 6) is 0. The molecule has 0 fully saturated rings. The summed E-state index contributed by atoms with van der Waals surface area (Å²) < 4.78 is 60.5. The summed E-state index contributed by atoms with van der Waals surface area (Å²) in [5, 5.41) is 9.06. The number of hydrogen-bond acceptors (Lipinski definition) is 4. The van der Waals surface area contributed by atoms with Crippen molar-refractivity contribution in [2.75, 3.05) is 5.33 Å². The van der Waals surface area contributed by atoms with Gasteiger partial charge in [0.25, 0.3) is 0 Å². The number of nitriles is 1. The van der Waals surface area contributed by atoms with Gasteiger partial charge in [-0.05, 0) is 19.3 Å². The third-order valence-electron chi connectivity index (χ3n) is 1.52. The van der Waals surface area contributed by atoms with E-state index in [9.17, 15) is 21.6 Å². The van der Waals surface area contributed by atoms with E-state index in [1.165, 1.54) is 6.07 Å². The SMILES string of the molecule is N#C[C@@H](CCCCBr)OS(=O)(=O)C(F)(F)F. The number of halogens is 4. The van der Waals surface area contributed by atoms with Gasteiger partial charge in [-0.15, -0.1) is 0 Å². The van der Waals surface area contributed by atoms with Crippen LogP contribution in [-0.2, 0) is 14.3 Å². The van der Waals surface area contributed by atoms with E-state index < -0.39 is 21.7 Å². The van der Waals surface area contributed by atoms with Crippen molar-refractivity contribution in [3.63, 3.8) is 0 Å². The second kappa shape index (κ2) is 6.42. The smallest absolute Gasteiger partial charge is 0.244 e. The molecule has 0 aromatic carbocycles. The van der Waals surface area contributed by atoms with Gasteiger partial charge in [0.1, 0.15) is 0 Å². The van der Waals surface area contributed by atoms with Gasteiger partial charge in [-0.2, -0.15) is 26.9 Å². The minimum Gasteiger partial charge on any atom is -0.244 e. The van der Waals surface area contributed by atoms with Gasteiger partial charge < -0.3 is 0 Å². The molecule has 0 aliphatic carbocycles. The lowest BCUT2D eigenvalue weighted by atomic mass is 10.2. The van der Waals surface area contributed by atoms with Gasteiger partial charge in [0, 0.05) is 5.33 Å². The highest BCUT2D eigenvalue weighted by atomic mass is 79.9. The van der Waals surface area contributed by atoms with Gasteiger partial charge in [0.2, 0.25) is 0 Å². The molecule has 16 heavy (non-hydrogen) atoms. The first-order valence-electron chi connectivity index (χ1n) is 4.19. The molecule has 0 aromatic rings. The van der Waals surface area contributed by atoms with Crippen LogP contribution in [0.3, 0.4) is 0 Å². The Labute approximate surface area is 99.6 Å². The molecular weight excluding hydrogens is 315 g/mol. The fourth-order valence-electron chi connectivity index (χ4n) is 0.766. The van der Waals surface area contributed by atoms with E-state index in [-0.39, 0.29) is 6.42 Å². The van der Waals surface area contributed by atoms with Crippen LogP contribution in [0.4, 0.5) is 13.2 Å². The zero-order valence-corrected chi connectivity index (χ0v) is 10.4. The largest absolute Gasteiger partial charge is 0.523 e. The summed E-state index contributed by atoms with van der Waals surface area (Å²) in [6.07, 6.45) is -0.632. The minimum atomic E-state index is -5.68. The molecular formula is C7H9BrF3NO3S. The van der Waals surface area contributed by atoms with Crippen molar-refractivity contribution in [1.29, 1.82) is 5.26 Å². The van der Waals surface area contributed by atoms with Crippen molar-refractivity contribution >= 4 is 26.0 Å². The third kappa shape index (κ3) is 5.14. The average Bonchev–Trinajstić information content (AvgIpc) is 2.14. The van der Waals surface area contributed by atoms with Crippen molar-refractivity contribution in [3.05, 3.63) is 0 Å². The number of alkyl halides is 4. The second-order valence-electron chi connectivity index (χ2n) is 2.80. The molecule has 0 spiro atoms. The molecule has 4 nitrogen and oxygen atoms in total. The Bertz CT molecular complexity index is 349. The summed E-state index contributed by atoms with van der Waals surface area (Å²) >= 11 is 3.09. The molecule has 0 saturated heterocycles. The van der Waals surface area contributed by atoms with E-state index in [4.69, 9.17) is 5.26 Å². The second-order valence-corrected chi connectivity index (χ2v) is 5.16. The minimum absolute atomic E-state index is 0.0581. The lowest BCUT2D eigenvalue weighted by molar-refractivity contribution is -0.0559. The monoisotopic (exact) mass is 323 g/mol. The highest BCUT2D eigenvalue weighted by Crippen LogP contribution is 2.26. The zero-order chi connectivity index (χ0) is 12.8. The van der Waals surface area contributed by atoms with Gasteiger partial charge >= 0.3 is 15.6 Å². The van der Waals surface area contributed by atoms with Gasteiger partial charge in [-0.1, -0.05) is 15.9 Å². The van der Waals surface area contributed by atoms with Crippen LogP contribution in [0.1, 0.15) is 19.3 Å². The maximum atomic E-state index is 11.9. The van der Waals surface area contributed by atoms with Crippen LogP contribution in [0.25, 0.3) is 0 Å². The van der Waals surface area contributed by atoms with E-state index in [1.807, 2.05) is 0 Å². The molecule has 94 valence electrons. The Balaban J connectivity index is 4.40. The maximum Gasteiger partial charge on any atom is 0.523 e. The van der Waals surface area contributed by atoms with E-state index in [1.54, 1.807) is 0 Å². The topological polar surface area (TPSA) is 67.2 Å². The number of nitrogens with zero attached hydrogens (tertiary/aromatic N) is 1. The molecule has 0 rings (SSSR count). The summed E-state index contributed by atoms with van der Waals surface area (Å²) in [4.78, 5) is 0. The molecule has 0 aromatic heterocycles. The van der Waals surface area contributed by atoms with Crippen molar-refractivity contribution in [3.8, 4) is 6.07 Å². The molecule has 0 saturated carbocycles. The summed E-state index contributed by atoms with van der Waals surface area (Å²) in [5.41, 5.74) is -5.49. The zero-order valence-electron chi connectivity index (χ0n) is 8.00. The van der Waals surface area contributed by atoms with Crippen molar-refractivity contribution < 1.29 is 25.8 Å². The number of hydrogen-bond donors (Lipinski definition) is 0. The number of unbranched alkanes of at least 4 members (excludes halogenated alkanes) is 1. The van der Waals surface area contributed by atoms with Crippen LogP contribution in [0.15, 0.2) is 0 Å². The lowest BCUT2D eigenvalue weighted by Crippen LogP contribution is -2.29. The molecule has 0 radical (unpaired) electrons. The van der Waals surface area contributed by atoms with E-state index in [0.29, 0.717) is 18.2 Å². The average molecular weight is 324 g/mol. The third-order valence-corrected chi connectivity index (χ3v) is 3.13. The summed E-state index contributed by atoms with van der Waals surface area (Å²) in [7, 11) is -5.68. The Morgan fingerprint density at radius 3 is 2.31 bits per heavy atom. The molecule has 0 heterocycles. The highest BCUT2D eigenvalue weighted by Gasteiger charge is 2.48. The van der Waals surface area contributed by atoms with E-state index >= 15 is 0 Å². The molecule has 0 amide bonds. The Morgan fingerprint density at radius 2 is 1.94 bits per heavy atom. The van der Waals surface area contributed by atoms with Crippen LogP contribution in [0.2, 0.25) is 0 Å². The van der Waals surface area contributed by atoms with Gasteiger partial charge in [-0.3, -0.25) is 0 Å². The Hall–Kier alpha value is -0.330. The molecule has 0 aliphatic rings. The van der Waals surface area contributed by atoms with Crippen LogP contribution in [0.5, 0.6) is 0 Å². The fraction of sp³-hybridized carbons (Fsp3) is 0.857. The van der Waals surface area contributed by atoms with Gasteiger partial charge in [-0.25, -0.2) is 4.18 Å². The van der Waals surface area contributed by atoms with Crippen molar-refractivity contribution in [2.24, 2.45) is 0 Å². The number of rotatable bonds is 6. The standard InChI is InChI=1S/C7H9BrF3NO3S/c8-4-2-1-3-6(5-12)15-16(13,14)7(9,10)11/h6H,1-4H2/t6-/m1/s1. The normalized spacial score (nSPS) is 14.4. The molecule has 0 N–H and O–H groups in total. The molecule has 0 unspecified atom stereocenters. The predicted molar refractivity (Wildman–Crippen MR) is 53.1 cm³/mol. The van der Waals surface area contributed by atoms with Gasteiger partial charge in [0.15, 0.2) is 6.10 Å². The predicted octanol–water partition coefficient (Wildman–Crippen LogP) is 2.31. The van der Waals surface area contributed by atoms with Crippen molar-refractivity contribution in [1.82, 2.24) is 0 Å². The van der Waals surface area contributed by atoms with E-state index in [2.05, 4.69) is 20.1 Å². The first kappa shape index (κ1) is 15.7. The summed E-state index contributed by atoms with van der Waals surface area (Å²) in [6, 6.07) is 1.37. The van der Waals surface area contributed by atoms with Crippen molar-refractivity contribution in [2.45, 2.75) is 30.9 Å². The Kier molecular flexibility index (Phi) is 6.28. The first-order chi connectivity index (χ1) is 7.24. The maximum absolute atomic E-state index is 11.9.